The van der Waals surface area contributed by atoms with E-state index < -0.39 is 11.9 Å². The van der Waals surface area contributed by atoms with Crippen molar-refractivity contribution in [3.05, 3.63) is 59.4 Å². The van der Waals surface area contributed by atoms with E-state index in [1.165, 1.54) is 40.5 Å². The number of carboxylic acid groups (broad SMARTS) is 1. The lowest BCUT2D eigenvalue weighted by atomic mass is 9.99. The summed E-state index contributed by atoms with van der Waals surface area (Å²) in [6.45, 7) is 0.743. The molecular formula is C21H18FN3O4S. The van der Waals surface area contributed by atoms with Gasteiger partial charge in [0.25, 0.3) is 5.91 Å². The molecule has 1 aromatic heterocycles. The number of nitrogens with zero attached hydrogens (tertiary/aromatic N) is 2. The van der Waals surface area contributed by atoms with Crippen LogP contribution < -0.4 is 10.1 Å². The molecule has 0 radical (unpaired) electrons. The van der Waals surface area contributed by atoms with Crippen molar-refractivity contribution in [2.24, 2.45) is 0 Å². The van der Waals surface area contributed by atoms with Crippen LogP contribution in [0.25, 0.3) is 15.8 Å². The van der Waals surface area contributed by atoms with Gasteiger partial charge in [0.15, 0.2) is 5.13 Å². The van der Waals surface area contributed by atoms with Crippen molar-refractivity contribution in [2.45, 2.75) is 6.42 Å². The lowest BCUT2D eigenvalue weighted by Crippen LogP contribution is -2.33. The second-order valence-electron chi connectivity index (χ2n) is 6.68. The minimum atomic E-state index is -0.936. The standard InChI is InChI=1S/C21H18FN3O4S/c1-29-16-7-6-15(12-8-10-25(11-9-12)21(27)28)18-17(16)23-20(30-18)24-19(26)13-2-4-14(22)5-3-13/h2-8H,9-11H2,1H3,(H,27,28)(H,23,24,26). The highest BCUT2D eigenvalue weighted by Gasteiger charge is 2.21. The number of nitrogens with one attached hydrogen (secondary N) is 1. The van der Waals surface area contributed by atoms with Crippen molar-refractivity contribution < 1.29 is 23.8 Å². The number of methoxy groups -OCH3 is 1. The number of amides is 2. The van der Waals surface area contributed by atoms with E-state index in [4.69, 9.17) is 9.84 Å². The summed E-state index contributed by atoms with van der Waals surface area (Å²) in [6, 6.07) is 9.01. The number of fused-ring (bicyclic) bond motifs is 1. The number of hydrogen-bond acceptors (Lipinski definition) is 5. The van der Waals surface area contributed by atoms with Crippen LogP contribution in [0, 0.1) is 5.82 Å². The van der Waals surface area contributed by atoms with E-state index in [9.17, 15) is 14.0 Å². The fourth-order valence-electron chi connectivity index (χ4n) is 3.31. The van der Waals surface area contributed by atoms with E-state index >= 15 is 0 Å². The van der Waals surface area contributed by atoms with Crippen molar-refractivity contribution >= 4 is 44.3 Å². The molecule has 0 saturated carbocycles. The lowest BCUT2D eigenvalue weighted by molar-refractivity contribution is 0.102. The number of benzene rings is 2. The largest absolute Gasteiger partial charge is 0.494 e. The predicted molar refractivity (Wildman–Crippen MR) is 113 cm³/mol. The minimum Gasteiger partial charge on any atom is -0.494 e. The predicted octanol–water partition coefficient (Wildman–Crippen LogP) is 4.46. The van der Waals surface area contributed by atoms with Gasteiger partial charge in [0.2, 0.25) is 0 Å². The van der Waals surface area contributed by atoms with Crippen molar-refractivity contribution in [2.75, 3.05) is 25.5 Å². The maximum absolute atomic E-state index is 13.1. The fraction of sp³-hybridized carbons (Fsp3) is 0.190. The number of thiazole rings is 1. The molecular weight excluding hydrogens is 409 g/mol. The van der Waals surface area contributed by atoms with Crippen LogP contribution >= 0.6 is 11.3 Å². The molecule has 2 aromatic carbocycles. The van der Waals surface area contributed by atoms with Crippen LogP contribution in [-0.2, 0) is 0 Å². The average molecular weight is 427 g/mol. The quantitative estimate of drug-likeness (QED) is 0.641. The van der Waals surface area contributed by atoms with Gasteiger partial charge in [-0.3, -0.25) is 10.1 Å². The van der Waals surface area contributed by atoms with Crippen LogP contribution in [0.3, 0.4) is 0 Å². The highest BCUT2D eigenvalue weighted by Crippen LogP contribution is 2.39. The van der Waals surface area contributed by atoms with Gasteiger partial charge < -0.3 is 14.7 Å². The first-order chi connectivity index (χ1) is 14.5. The van der Waals surface area contributed by atoms with E-state index in [1.54, 1.807) is 7.11 Å². The van der Waals surface area contributed by atoms with Gasteiger partial charge in [-0.25, -0.2) is 14.2 Å². The number of ether oxygens (including phenoxy) is 1. The zero-order valence-electron chi connectivity index (χ0n) is 16.0. The molecule has 0 unspecified atom stereocenters. The van der Waals surface area contributed by atoms with E-state index in [0.29, 0.717) is 41.5 Å². The fourth-order valence-corrected chi connectivity index (χ4v) is 4.34. The summed E-state index contributed by atoms with van der Waals surface area (Å²) in [5.74, 6) is -0.220. The molecule has 0 saturated heterocycles. The number of hydrogen-bond donors (Lipinski definition) is 2. The SMILES string of the molecule is COc1ccc(C2=CCN(C(=O)O)CC2)c2sc(NC(=O)c3ccc(F)cc3)nc12. The minimum absolute atomic E-state index is 0.325. The number of aromatic nitrogens is 1. The van der Waals surface area contributed by atoms with E-state index in [-0.39, 0.29) is 5.91 Å². The Hall–Kier alpha value is -3.46. The first kappa shape index (κ1) is 19.8. The molecule has 2 heterocycles. The van der Waals surface area contributed by atoms with Gasteiger partial charge in [0, 0.05) is 18.7 Å². The first-order valence-electron chi connectivity index (χ1n) is 9.18. The highest BCUT2D eigenvalue weighted by atomic mass is 32.1. The number of carbonyl (C=O) groups excluding carboxylic acids is 1. The zero-order valence-corrected chi connectivity index (χ0v) is 16.8. The zero-order chi connectivity index (χ0) is 21.3. The van der Waals surface area contributed by atoms with Gasteiger partial charge in [-0.1, -0.05) is 17.4 Å². The number of halogens is 1. The molecule has 2 amide bonds. The molecule has 0 bridgehead atoms. The Bertz CT molecular complexity index is 1160. The Morgan fingerprint density at radius 2 is 2.00 bits per heavy atom. The summed E-state index contributed by atoms with van der Waals surface area (Å²) in [7, 11) is 1.55. The second kappa shape index (κ2) is 8.11. The van der Waals surface area contributed by atoms with Crippen LogP contribution in [0.4, 0.5) is 14.3 Å². The Morgan fingerprint density at radius 3 is 2.63 bits per heavy atom. The Kier molecular flexibility index (Phi) is 5.37. The van der Waals surface area contributed by atoms with Gasteiger partial charge in [-0.05, 0) is 54.0 Å². The van der Waals surface area contributed by atoms with Crippen molar-refractivity contribution in [1.29, 1.82) is 0 Å². The summed E-state index contributed by atoms with van der Waals surface area (Å²) in [5.41, 5.74) is 2.92. The summed E-state index contributed by atoms with van der Waals surface area (Å²) in [5, 5.41) is 12.3. The third kappa shape index (κ3) is 3.84. The van der Waals surface area contributed by atoms with Crippen LogP contribution in [0.5, 0.6) is 5.75 Å². The molecule has 3 aromatic rings. The maximum Gasteiger partial charge on any atom is 0.407 e. The summed E-state index contributed by atoms with van der Waals surface area (Å²) < 4.78 is 19.4. The highest BCUT2D eigenvalue weighted by molar-refractivity contribution is 7.22. The van der Waals surface area contributed by atoms with Crippen molar-refractivity contribution in [3.8, 4) is 5.75 Å². The molecule has 0 atom stereocenters. The number of rotatable bonds is 4. The first-order valence-corrected chi connectivity index (χ1v) is 9.99. The molecule has 154 valence electrons. The molecule has 0 aliphatic carbocycles. The second-order valence-corrected chi connectivity index (χ2v) is 7.68. The topological polar surface area (TPSA) is 91.8 Å². The van der Waals surface area contributed by atoms with Crippen molar-refractivity contribution in [3.63, 3.8) is 0 Å². The molecule has 4 rings (SSSR count). The third-order valence-corrected chi connectivity index (χ3v) is 5.88. The Morgan fingerprint density at radius 1 is 1.23 bits per heavy atom. The Balaban J connectivity index is 1.67. The molecule has 2 N–H and O–H groups in total. The number of anilines is 1. The molecule has 30 heavy (non-hydrogen) atoms. The maximum atomic E-state index is 13.1. The van der Waals surface area contributed by atoms with Crippen LogP contribution in [0.15, 0.2) is 42.5 Å². The van der Waals surface area contributed by atoms with E-state index in [1.807, 2.05) is 18.2 Å². The Labute approximate surface area is 175 Å². The molecule has 9 heteroatoms. The summed E-state index contributed by atoms with van der Waals surface area (Å²) in [6.07, 6.45) is 1.55. The lowest BCUT2D eigenvalue weighted by Gasteiger charge is -2.24. The molecule has 0 fully saturated rings. The van der Waals surface area contributed by atoms with Gasteiger partial charge in [0.1, 0.15) is 17.1 Å². The smallest absolute Gasteiger partial charge is 0.407 e. The molecule has 0 spiro atoms. The van der Waals surface area contributed by atoms with Gasteiger partial charge in [-0.2, -0.15) is 0 Å². The monoisotopic (exact) mass is 427 g/mol. The van der Waals surface area contributed by atoms with Gasteiger partial charge in [0.05, 0.1) is 11.8 Å². The van der Waals surface area contributed by atoms with E-state index in [2.05, 4.69) is 10.3 Å². The van der Waals surface area contributed by atoms with E-state index in [0.717, 1.165) is 15.8 Å². The molecule has 1 aliphatic heterocycles. The normalized spacial score (nSPS) is 13.8. The van der Waals surface area contributed by atoms with Crippen LogP contribution in [0.2, 0.25) is 0 Å². The van der Waals surface area contributed by atoms with Crippen LogP contribution in [-0.4, -0.2) is 47.2 Å². The van der Waals surface area contributed by atoms with Gasteiger partial charge >= 0.3 is 6.09 Å². The van der Waals surface area contributed by atoms with Crippen molar-refractivity contribution in [1.82, 2.24) is 9.88 Å². The van der Waals surface area contributed by atoms with Crippen LogP contribution in [0.1, 0.15) is 22.3 Å². The molecule has 1 aliphatic rings. The summed E-state index contributed by atoms with van der Waals surface area (Å²) in [4.78, 5) is 29.5. The van der Waals surface area contributed by atoms with Gasteiger partial charge in [-0.15, -0.1) is 0 Å². The summed E-state index contributed by atoms with van der Waals surface area (Å²) >= 11 is 1.31. The third-order valence-electron chi connectivity index (χ3n) is 4.88. The molecule has 7 nitrogen and oxygen atoms in total. The number of carbonyl (C=O) groups is 2. The average Bonchev–Trinajstić information content (AvgIpc) is 3.17.